The van der Waals surface area contributed by atoms with Crippen molar-refractivity contribution < 1.29 is 16.8 Å². The van der Waals surface area contributed by atoms with Crippen LogP contribution in [0.2, 0.25) is 0 Å². The smallest absolute Gasteiger partial charge is 0.224 e. The largest absolute Gasteiger partial charge is 0.335 e. The maximum atomic E-state index is 10.9. The molecule has 0 aliphatic carbocycles. The summed E-state index contributed by atoms with van der Waals surface area (Å²) in [5.74, 6) is 0. The third-order valence-electron chi connectivity index (χ3n) is 1.13. The zero-order valence-electron chi connectivity index (χ0n) is 7.01. The molecule has 0 saturated heterocycles. The maximum Gasteiger partial charge on any atom is 0.335 e. The van der Waals surface area contributed by atoms with Gasteiger partial charge in [-0.1, -0.05) is 0 Å². The van der Waals surface area contributed by atoms with E-state index >= 15 is 0 Å². The molecule has 0 amide bonds. The van der Waals surface area contributed by atoms with Crippen LogP contribution in [0.4, 0.5) is 0 Å². The van der Waals surface area contributed by atoms with Crippen LogP contribution in [-0.2, 0) is 21.4 Å². The second kappa shape index (κ2) is 5.25. The van der Waals surface area contributed by atoms with Crippen molar-refractivity contribution in [1.29, 1.82) is 0 Å². The summed E-state index contributed by atoms with van der Waals surface area (Å²) in [5, 5.41) is 1.66. The molecule has 0 fully saturated rings. The first-order valence-corrected chi connectivity index (χ1v) is 6.52. The van der Waals surface area contributed by atoms with Crippen LogP contribution in [0.3, 0.4) is 0 Å². The standard InChI is InChI=1S/C6H8O2S2.O2S/c1-5-3-6(4-9-5)10(2,7)8;1-3-2/h3-4H,1-2H3;. The molecule has 0 atom stereocenters. The Morgan fingerprint density at radius 2 is 1.85 bits per heavy atom. The zero-order valence-corrected chi connectivity index (χ0v) is 9.46. The number of hydrogen-bond acceptors (Lipinski definition) is 5. The monoisotopic (exact) mass is 240 g/mol. The van der Waals surface area contributed by atoms with E-state index in [-0.39, 0.29) is 0 Å². The van der Waals surface area contributed by atoms with Gasteiger partial charge in [-0.15, -0.1) is 11.3 Å². The van der Waals surface area contributed by atoms with E-state index in [2.05, 4.69) is 0 Å². The highest BCUT2D eigenvalue weighted by molar-refractivity contribution is 7.90. The zero-order chi connectivity index (χ0) is 10.5. The minimum atomic E-state index is -2.97. The van der Waals surface area contributed by atoms with Crippen molar-refractivity contribution in [2.45, 2.75) is 11.8 Å². The number of sulfone groups is 1. The predicted octanol–water partition coefficient (Wildman–Crippen LogP) is 0.790. The highest BCUT2D eigenvalue weighted by atomic mass is 32.2. The lowest BCUT2D eigenvalue weighted by atomic mass is 10.5. The average Bonchev–Trinajstić information content (AvgIpc) is 2.35. The molecule has 0 aliphatic rings. The number of aryl methyl sites for hydroxylation is 1. The fourth-order valence-electron chi connectivity index (χ4n) is 0.614. The Kier molecular flexibility index (Phi) is 5.04. The van der Waals surface area contributed by atoms with Crippen molar-refractivity contribution in [1.82, 2.24) is 0 Å². The molecule has 0 N–H and O–H groups in total. The van der Waals surface area contributed by atoms with Crippen LogP contribution in [0.15, 0.2) is 16.3 Å². The summed E-state index contributed by atoms with van der Waals surface area (Å²) in [4.78, 5) is 1.45. The third kappa shape index (κ3) is 4.91. The van der Waals surface area contributed by atoms with E-state index in [0.29, 0.717) is 4.90 Å². The molecular weight excluding hydrogens is 232 g/mol. The molecule has 1 rings (SSSR count). The lowest BCUT2D eigenvalue weighted by Gasteiger charge is -1.87. The molecule has 1 heterocycles. The van der Waals surface area contributed by atoms with Gasteiger partial charge in [-0.2, -0.15) is 8.42 Å². The molecule has 13 heavy (non-hydrogen) atoms. The van der Waals surface area contributed by atoms with Crippen LogP contribution in [-0.4, -0.2) is 23.1 Å². The summed E-state index contributed by atoms with van der Waals surface area (Å²) in [6, 6.07) is 1.68. The van der Waals surface area contributed by atoms with Crippen molar-refractivity contribution in [3.05, 3.63) is 16.3 Å². The molecule has 74 valence electrons. The van der Waals surface area contributed by atoms with Crippen molar-refractivity contribution >= 4 is 32.7 Å². The van der Waals surface area contributed by atoms with Crippen LogP contribution in [0.5, 0.6) is 0 Å². The van der Waals surface area contributed by atoms with Gasteiger partial charge in [0.1, 0.15) is 0 Å². The fourth-order valence-corrected chi connectivity index (χ4v) is 2.49. The van der Waals surface area contributed by atoms with Crippen molar-refractivity contribution in [2.24, 2.45) is 0 Å². The Balaban J connectivity index is 0.000000424. The number of thiophene rings is 1. The first kappa shape index (κ1) is 12.5. The molecule has 0 spiro atoms. The second-order valence-electron chi connectivity index (χ2n) is 2.23. The summed E-state index contributed by atoms with van der Waals surface area (Å²) < 4.78 is 38.3. The van der Waals surface area contributed by atoms with E-state index in [4.69, 9.17) is 8.42 Å². The summed E-state index contributed by atoms with van der Waals surface area (Å²) in [7, 11) is -2.97. The maximum absolute atomic E-state index is 10.9. The Hall–Kier alpha value is -0.530. The van der Waals surface area contributed by atoms with Crippen molar-refractivity contribution in [3.8, 4) is 0 Å². The lowest BCUT2D eigenvalue weighted by molar-refractivity contribution is 0.602. The third-order valence-corrected chi connectivity index (χ3v) is 3.24. The van der Waals surface area contributed by atoms with E-state index in [0.717, 1.165) is 4.88 Å². The van der Waals surface area contributed by atoms with Gasteiger partial charge in [-0.3, -0.25) is 0 Å². The molecule has 1 aromatic heterocycles. The highest BCUT2D eigenvalue weighted by Gasteiger charge is 2.07. The molecule has 0 radical (unpaired) electrons. The minimum Gasteiger partial charge on any atom is -0.224 e. The predicted molar refractivity (Wildman–Crippen MR) is 51.1 cm³/mol. The number of hydrogen-bond donors (Lipinski definition) is 0. The fraction of sp³-hybridized carbons (Fsp3) is 0.333. The Morgan fingerprint density at radius 3 is 2.00 bits per heavy atom. The van der Waals surface area contributed by atoms with E-state index in [1.165, 1.54) is 17.6 Å². The molecule has 0 unspecified atom stereocenters. The Morgan fingerprint density at radius 1 is 1.38 bits per heavy atom. The molecule has 0 aromatic carbocycles. The summed E-state index contributed by atoms with van der Waals surface area (Å²) >= 11 is 0.702. The average molecular weight is 240 g/mol. The summed E-state index contributed by atoms with van der Waals surface area (Å²) in [6.45, 7) is 1.89. The van der Waals surface area contributed by atoms with Crippen LogP contribution >= 0.6 is 11.3 Å². The van der Waals surface area contributed by atoms with Crippen molar-refractivity contribution in [3.63, 3.8) is 0 Å². The van der Waals surface area contributed by atoms with Crippen molar-refractivity contribution in [2.75, 3.05) is 6.26 Å². The van der Waals surface area contributed by atoms with E-state index in [1.54, 1.807) is 11.4 Å². The van der Waals surface area contributed by atoms with Gasteiger partial charge in [0.25, 0.3) is 0 Å². The van der Waals surface area contributed by atoms with Crippen LogP contribution in [0.1, 0.15) is 4.88 Å². The van der Waals surface area contributed by atoms with Gasteiger partial charge in [0.05, 0.1) is 4.90 Å². The van der Waals surface area contributed by atoms with Crippen LogP contribution in [0.25, 0.3) is 0 Å². The quantitative estimate of drug-likeness (QED) is 0.727. The van der Waals surface area contributed by atoms with Crippen LogP contribution in [0, 0.1) is 6.92 Å². The van der Waals surface area contributed by atoms with Crippen LogP contribution < -0.4 is 0 Å². The van der Waals surface area contributed by atoms with E-state index < -0.39 is 21.4 Å². The number of rotatable bonds is 1. The highest BCUT2D eigenvalue weighted by Crippen LogP contribution is 2.17. The molecule has 1 aromatic rings. The van der Waals surface area contributed by atoms with Gasteiger partial charge in [0.2, 0.25) is 0 Å². The van der Waals surface area contributed by atoms with Gasteiger partial charge in [-0.05, 0) is 13.0 Å². The molecule has 4 nitrogen and oxygen atoms in total. The Labute approximate surface area is 84.1 Å². The van der Waals surface area contributed by atoms with Gasteiger partial charge in [-0.25, -0.2) is 8.42 Å². The van der Waals surface area contributed by atoms with Gasteiger partial charge in [0.15, 0.2) is 9.84 Å². The Bertz CT molecular complexity index is 397. The molecule has 7 heteroatoms. The van der Waals surface area contributed by atoms with Gasteiger partial charge >= 0.3 is 11.6 Å². The van der Waals surface area contributed by atoms with Gasteiger partial charge in [0, 0.05) is 16.5 Å². The molecule has 0 saturated carbocycles. The molecule has 0 bridgehead atoms. The van der Waals surface area contributed by atoms with Gasteiger partial charge < -0.3 is 0 Å². The first-order valence-electron chi connectivity index (χ1n) is 3.08. The normalized spacial score (nSPS) is 10.0. The molecular formula is C6H8O4S3. The lowest BCUT2D eigenvalue weighted by Crippen LogP contribution is -1.93. The first-order chi connectivity index (χ1) is 5.91. The minimum absolute atomic E-state index is 0.426. The van der Waals surface area contributed by atoms with E-state index in [1.807, 2.05) is 6.92 Å². The second-order valence-corrected chi connectivity index (χ2v) is 5.50. The molecule has 0 aliphatic heterocycles. The summed E-state index contributed by atoms with van der Waals surface area (Å²) in [6.07, 6.45) is 1.22. The SMILES string of the molecule is Cc1cc(S(C)(=O)=O)cs1.O=S=O. The summed E-state index contributed by atoms with van der Waals surface area (Å²) in [5.41, 5.74) is 0. The van der Waals surface area contributed by atoms with E-state index in [9.17, 15) is 8.42 Å². The topological polar surface area (TPSA) is 68.3 Å².